The van der Waals surface area contributed by atoms with Crippen LogP contribution in [0.4, 0.5) is 0 Å². The first-order valence-electron chi connectivity index (χ1n) is 6.39. The molecule has 0 fully saturated rings. The number of aliphatic hydroxyl groups is 1. The Hall–Kier alpha value is -1.42. The van der Waals surface area contributed by atoms with Crippen LogP contribution in [-0.4, -0.2) is 19.3 Å². The largest absolute Gasteiger partial charge is 0.497 e. The van der Waals surface area contributed by atoms with Gasteiger partial charge in [-0.1, -0.05) is 35.3 Å². The van der Waals surface area contributed by atoms with Crippen molar-refractivity contribution in [3.05, 3.63) is 57.6 Å². The van der Waals surface area contributed by atoms with Gasteiger partial charge in [-0.2, -0.15) is 0 Å². The van der Waals surface area contributed by atoms with Crippen LogP contribution in [0, 0.1) is 0 Å². The molecule has 2 aromatic rings. The van der Waals surface area contributed by atoms with Gasteiger partial charge in [0, 0.05) is 18.1 Å². The van der Waals surface area contributed by atoms with Crippen molar-refractivity contribution in [2.45, 2.75) is 12.5 Å². The van der Waals surface area contributed by atoms with Gasteiger partial charge in [0.15, 0.2) is 0 Å². The van der Waals surface area contributed by atoms with Crippen LogP contribution in [0.15, 0.2) is 36.4 Å². The number of hydrogen-bond donors (Lipinski definition) is 1. The summed E-state index contributed by atoms with van der Waals surface area (Å²) in [5.74, 6) is 1.26. The fraction of sp³-hybridized carbons (Fsp3) is 0.250. The first kappa shape index (κ1) is 16.0. The van der Waals surface area contributed by atoms with Gasteiger partial charge in [0.2, 0.25) is 0 Å². The minimum absolute atomic E-state index is 0.422. The molecule has 21 heavy (non-hydrogen) atoms. The Bertz CT molecular complexity index is 612. The zero-order chi connectivity index (χ0) is 15.4. The van der Waals surface area contributed by atoms with Crippen molar-refractivity contribution in [2.24, 2.45) is 0 Å². The Morgan fingerprint density at radius 2 is 1.67 bits per heavy atom. The fourth-order valence-corrected chi connectivity index (χ4v) is 2.58. The van der Waals surface area contributed by atoms with Crippen molar-refractivity contribution in [2.75, 3.05) is 14.2 Å². The maximum absolute atomic E-state index is 10.4. The number of hydrogen-bond acceptors (Lipinski definition) is 3. The smallest absolute Gasteiger partial charge is 0.138 e. The highest BCUT2D eigenvalue weighted by Crippen LogP contribution is 2.35. The van der Waals surface area contributed by atoms with Crippen molar-refractivity contribution in [1.29, 1.82) is 0 Å². The maximum atomic E-state index is 10.4. The van der Waals surface area contributed by atoms with E-state index < -0.39 is 6.10 Å². The van der Waals surface area contributed by atoms with Crippen molar-refractivity contribution in [3.63, 3.8) is 0 Å². The van der Waals surface area contributed by atoms with Crippen molar-refractivity contribution in [3.8, 4) is 11.5 Å². The van der Waals surface area contributed by atoms with E-state index in [0.29, 0.717) is 27.8 Å². The van der Waals surface area contributed by atoms with Crippen LogP contribution in [-0.2, 0) is 6.42 Å². The summed E-state index contributed by atoms with van der Waals surface area (Å²) >= 11 is 12.2. The van der Waals surface area contributed by atoms with E-state index in [1.165, 1.54) is 7.11 Å². The third kappa shape index (κ3) is 3.82. The summed E-state index contributed by atoms with van der Waals surface area (Å²) in [5.41, 5.74) is 1.56. The molecule has 0 aliphatic heterocycles. The molecular formula is C16H16Cl2O3. The third-order valence-corrected chi connectivity index (χ3v) is 3.84. The lowest BCUT2D eigenvalue weighted by Crippen LogP contribution is -2.03. The molecule has 0 saturated heterocycles. The molecule has 0 saturated carbocycles. The SMILES string of the molecule is COc1ccc(CC(O)c2cc(Cl)c(OC)cc2Cl)cc1. The highest BCUT2D eigenvalue weighted by molar-refractivity contribution is 6.34. The Labute approximate surface area is 134 Å². The summed E-state index contributed by atoms with van der Waals surface area (Å²) in [6.07, 6.45) is -0.305. The lowest BCUT2D eigenvalue weighted by atomic mass is 10.0. The molecule has 112 valence electrons. The highest BCUT2D eigenvalue weighted by atomic mass is 35.5. The molecule has 3 nitrogen and oxygen atoms in total. The summed E-state index contributed by atoms with van der Waals surface area (Å²) < 4.78 is 10.2. The number of halogens is 2. The van der Waals surface area contributed by atoms with Crippen LogP contribution in [0.1, 0.15) is 17.2 Å². The molecule has 0 aliphatic rings. The molecule has 1 atom stereocenters. The molecule has 1 unspecified atom stereocenters. The molecule has 0 bridgehead atoms. The van der Waals surface area contributed by atoms with Crippen LogP contribution in [0.5, 0.6) is 11.5 Å². The summed E-state index contributed by atoms with van der Waals surface area (Å²) in [4.78, 5) is 0. The monoisotopic (exact) mass is 326 g/mol. The second-order valence-corrected chi connectivity index (χ2v) is 5.39. The number of methoxy groups -OCH3 is 2. The first-order chi connectivity index (χ1) is 10.0. The Balaban J connectivity index is 2.19. The van der Waals surface area contributed by atoms with E-state index >= 15 is 0 Å². The van der Waals surface area contributed by atoms with Crippen LogP contribution < -0.4 is 9.47 Å². The van der Waals surface area contributed by atoms with Gasteiger partial charge in [0.25, 0.3) is 0 Å². The van der Waals surface area contributed by atoms with Gasteiger partial charge in [-0.15, -0.1) is 0 Å². The summed E-state index contributed by atoms with van der Waals surface area (Å²) in [7, 11) is 3.13. The van der Waals surface area contributed by atoms with Crippen molar-refractivity contribution >= 4 is 23.2 Å². The third-order valence-electron chi connectivity index (χ3n) is 3.22. The minimum atomic E-state index is -0.741. The number of aliphatic hydroxyl groups excluding tert-OH is 1. The zero-order valence-corrected chi connectivity index (χ0v) is 13.3. The first-order valence-corrected chi connectivity index (χ1v) is 7.14. The summed E-state index contributed by atoms with van der Waals surface area (Å²) in [5, 5.41) is 11.2. The van der Waals surface area contributed by atoms with E-state index in [9.17, 15) is 5.11 Å². The second kappa shape index (κ2) is 7.03. The normalized spacial score (nSPS) is 12.0. The zero-order valence-electron chi connectivity index (χ0n) is 11.8. The lowest BCUT2D eigenvalue weighted by molar-refractivity contribution is 0.178. The van der Waals surface area contributed by atoms with E-state index in [1.807, 2.05) is 24.3 Å². The van der Waals surface area contributed by atoms with Crippen LogP contribution in [0.3, 0.4) is 0 Å². The van der Waals surface area contributed by atoms with Gasteiger partial charge in [-0.3, -0.25) is 0 Å². The summed E-state index contributed by atoms with van der Waals surface area (Å²) in [6, 6.07) is 10.8. The molecule has 0 radical (unpaired) electrons. The van der Waals surface area contributed by atoms with Gasteiger partial charge in [0.05, 0.1) is 30.4 Å². The van der Waals surface area contributed by atoms with E-state index in [-0.39, 0.29) is 0 Å². The Morgan fingerprint density at radius 1 is 1.00 bits per heavy atom. The maximum Gasteiger partial charge on any atom is 0.138 e. The molecule has 2 aromatic carbocycles. The molecule has 2 rings (SSSR count). The standard InChI is InChI=1S/C16H16Cl2O3/c1-20-11-5-3-10(4-6-11)7-15(19)12-8-14(18)16(21-2)9-13(12)17/h3-6,8-9,15,19H,7H2,1-2H3. The Morgan fingerprint density at radius 3 is 2.24 bits per heavy atom. The average molecular weight is 327 g/mol. The van der Waals surface area contributed by atoms with Crippen molar-refractivity contribution in [1.82, 2.24) is 0 Å². The predicted octanol–water partition coefficient (Wildman–Crippen LogP) is 4.29. The minimum Gasteiger partial charge on any atom is -0.497 e. The molecule has 0 spiro atoms. The molecule has 1 N–H and O–H groups in total. The quantitative estimate of drug-likeness (QED) is 0.890. The topological polar surface area (TPSA) is 38.7 Å². The molecule has 0 amide bonds. The number of benzene rings is 2. The van der Waals surface area contributed by atoms with Crippen LogP contribution in [0.2, 0.25) is 10.0 Å². The van der Waals surface area contributed by atoms with E-state index in [1.54, 1.807) is 19.2 Å². The van der Waals surface area contributed by atoms with Crippen LogP contribution >= 0.6 is 23.2 Å². The summed E-state index contributed by atoms with van der Waals surface area (Å²) in [6.45, 7) is 0. The predicted molar refractivity (Wildman–Crippen MR) is 84.7 cm³/mol. The van der Waals surface area contributed by atoms with Gasteiger partial charge < -0.3 is 14.6 Å². The van der Waals surface area contributed by atoms with Gasteiger partial charge in [-0.05, 0) is 23.8 Å². The highest BCUT2D eigenvalue weighted by Gasteiger charge is 2.15. The number of ether oxygens (including phenoxy) is 2. The fourth-order valence-electron chi connectivity index (χ4n) is 2.05. The van der Waals surface area contributed by atoms with E-state index in [2.05, 4.69) is 0 Å². The van der Waals surface area contributed by atoms with E-state index in [4.69, 9.17) is 32.7 Å². The Kier molecular flexibility index (Phi) is 5.34. The lowest BCUT2D eigenvalue weighted by Gasteiger charge is -2.15. The van der Waals surface area contributed by atoms with Gasteiger partial charge in [0.1, 0.15) is 11.5 Å². The number of rotatable bonds is 5. The van der Waals surface area contributed by atoms with Gasteiger partial charge in [-0.25, -0.2) is 0 Å². The molecule has 0 aromatic heterocycles. The van der Waals surface area contributed by atoms with Crippen LogP contribution in [0.25, 0.3) is 0 Å². The molecule has 0 aliphatic carbocycles. The van der Waals surface area contributed by atoms with E-state index in [0.717, 1.165) is 11.3 Å². The molecular weight excluding hydrogens is 311 g/mol. The molecule has 0 heterocycles. The second-order valence-electron chi connectivity index (χ2n) is 4.58. The van der Waals surface area contributed by atoms with Crippen molar-refractivity contribution < 1.29 is 14.6 Å². The molecule has 5 heteroatoms. The average Bonchev–Trinajstić information content (AvgIpc) is 2.49. The van der Waals surface area contributed by atoms with Gasteiger partial charge >= 0.3 is 0 Å².